The van der Waals surface area contributed by atoms with Gasteiger partial charge in [-0.15, -0.1) is 0 Å². The predicted octanol–water partition coefficient (Wildman–Crippen LogP) is 0.991. The lowest BCUT2D eigenvalue weighted by Crippen LogP contribution is -2.28. The maximum Gasteiger partial charge on any atom is 0.187 e. The van der Waals surface area contributed by atoms with E-state index in [1.807, 2.05) is 0 Å². The highest BCUT2D eigenvalue weighted by atomic mass is 35.5. The summed E-state index contributed by atoms with van der Waals surface area (Å²) in [6.07, 6.45) is 1.13. The summed E-state index contributed by atoms with van der Waals surface area (Å²) in [7, 11) is 0. The number of aromatic nitrogens is 2. The van der Waals surface area contributed by atoms with Crippen molar-refractivity contribution in [2.45, 2.75) is 6.42 Å². The van der Waals surface area contributed by atoms with Crippen LogP contribution in [0.15, 0.2) is 0 Å². The molecule has 0 atom stereocenters. The maximum absolute atomic E-state index is 5.90. The van der Waals surface area contributed by atoms with Crippen molar-refractivity contribution in [2.75, 3.05) is 31.1 Å². The van der Waals surface area contributed by atoms with E-state index < -0.39 is 0 Å². The zero-order chi connectivity index (χ0) is 9.10. The SMILES string of the molecule is Clc1nsnc1N1CCCNCC1. The molecule has 13 heavy (non-hydrogen) atoms. The Balaban J connectivity index is 2.10. The highest BCUT2D eigenvalue weighted by Gasteiger charge is 2.15. The Morgan fingerprint density at radius 1 is 1.31 bits per heavy atom. The molecule has 0 amide bonds. The van der Waals surface area contributed by atoms with Crippen molar-refractivity contribution < 1.29 is 0 Å². The van der Waals surface area contributed by atoms with Gasteiger partial charge in [-0.25, -0.2) is 0 Å². The summed E-state index contributed by atoms with van der Waals surface area (Å²) >= 11 is 7.07. The fourth-order valence-corrected chi connectivity index (χ4v) is 2.20. The van der Waals surface area contributed by atoms with E-state index in [1.54, 1.807) is 0 Å². The Hall–Kier alpha value is -0.390. The number of rotatable bonds is 1. The molecule has 0 spiro atoms. The van der Waals surface area contributed by atoms with Crippen molar-refractivity contribution in [3.05, 3.63) is 5.15 Å². The summed E-state index contributed by atoms with van der Waals surface area (Å²) in [6.45, 7) is 4.04. The molecule has 1 N–H and O–H groups in total. The summed E-state index contributed by atoms with van der Waals surface area (Å²) in [5.41, 5.74) is 0. The molecule has 1 aromatic rings. The molecule has 1 aromatic heterocycles. The van der Waals surface area contributed by atoms with Crippen molar-refractivity contribution in [1.82, 2.24) is 14.1 Å². The Kier molecular flexibility index (Phi) is 2.97. The average molecular weight is 219 g/mol. The molecule has 0 aliphatic carbocycles. The first-order valence-corrected chi connectivity index (χ1v) is 5.42. The zero-order valence-corrected chi connectivity index (χ0v) is 8.74. The Morgan fingerprint density at radius 3 is 3.00 bits per heavy atom. The number of hydrogen-bond donors (Lipinski definition) is 1. The summed E-state index contributed by atoms with van der Waals surface area (Å²) in [6, 6.07) is 0. The van der Waals surface area contributed by atoms with Crippen LogP contribution in [0.4, 0.5) is 5.82 Å². The molecule has 6 heteroatoms. The fourth-order valence-electron chi connectivity index (χ4n) is 1.42. The van der Waals surface area contributed by atoms with Crippen LogP contribution in [0.3, 0.4) is 0 Å². The zero-order valence-electron chi connectivity index (χ0n) is 7.16. The van der Waals surface area contributed by atoms with Crippen LogP contribution < -0.4 is 10.2 Å². The van der Waals surface area contributed by atoms with Crippen LogP contribution in [0, 0.1) is 0 Å². The van der Waals surface area contributed by atoms with E-state index in [-0.39, 0.29) is 0 Å². The number of hydrogen-bond acceptors (Lipinski definition) is 5. The van der Waals surface area contributed by atoms with Crippen LogP contribution in [0.25, 0.3) is 0 Å². The van der Waals surface area contributed by atoms with E-state index in [2.05, 4.69) is 19.0 Å². The van der Waals surface area contributed by atoms with Crippen molar-refractivity contribution in [3.8, 4) is 0 Å². The van der Waals surface area contributed by atoms with Gasteiger partial charge in [0, 0.05) is 19.6 Å². The first kappa shape index (κ1) is 9.18. The Morgan fingerprint density at radius 2 is 2.23 bits per heavy atom. The lowest BCUT2D eigenvalue weighted by molar-refractivity contribution is 0.724. The van der Waals surface area contributed by atoms with Gasteiger partial charge in [-0.3, -0.25) is 0 Å². The minimum absolute atomic E-state index is 0.534. The quantitative estimate of drug-likeness (QED) is 0.764. The van der Waals surface area contributed by atoms with Gasteiger partial charge < -0.3 is 10.2 Å². The third-order valence-corrected chi connectivity index (χ3v) is 2.94. The average Bonchev–Trinajstić information content (AvgIpc) is 2.43. The van der Waals surface area contributed by atoms with Gasteiger partial charge in [-0.05, 0) is 13.0 Å². The largest absolute Gasteiger partial charge is 0.352 e. The number of nitrogens with zero attached hydrogens (tertiary/aromatic N) is 3. The van der Waals surface area contributed by atoms with E-state index in [0.29, 0.717) is 5.15 Å². The maximum atomic E-state index is 5.90. The summed E-state index contributed by atoms with van der Waals surface area (Å²) in [4.78, 5) is 2.19. The molecular formula is C7H11ClN4S. The van der Waals surface area contributed by atoms with E-state index in [0.717, 1.165) is 38.4 Å². The molecule has 1 saturated heterocycles. The highest BCUT2D eigenvalue weighted by molar-refractivity contribution is 6.99. The molecule has 2 rings (SSSR count). The van der Waals surface area contributed by atoms with Gasteiger partial charge in [0.05, 0.1) is 11.7 Å². The van der Waals surface area contributed by atoms with Gasteiger partial charge in [-0.2, -0.15) is 8.75 Å². The standard InChI is InChI=1S/C7H11ClN4S/c8-6-7(11-13-10-6)12-4-1-2-9-3-5-12/h9H,1-5H2. The first-order valence-electron chi connectivity index (χ1n) is 4.31. The Bertz CT molecular complexity index is 269. The number of nitrogens with one attached hydrogen (secondary N) is 1. The van der Waals surface area contributed by atoms with Crippen LogP contribution in [-0.4, -0.2) is 34.9 Å². The lowest BCUT2D eigenvalue weighted by Gasteiger charge is -2.18. The van der Waals surface area contributed by atoms with Crippen LogP contribution in [0.1, 0.15) is 6.42 Å². The van der Waals surface area contributed by atoms with Gasteiger partial charge >= 0.3 is 0 Å². The normalized spacial score (nSPS) is 18.7. The molecule has 4 nitrogen and oxygen atoms in total. The van der Waals surface area contributed by atoms with Gasteiger partial charge in [0.25, 0.3) is 0 Å². The van der Waals surface area contributed by atoms with Gasteiger partial charge in [-0.1, -0.05) is 11.6 Å². The van der Waals surface area contributed by atoms with E-state index in [1.165, 1.54) is 11.7 Å². The molecule has 0 radical (unpaired) electrons. The molecular weight excluding hydrogens is 208 g/mol. The van der Waals surface area contributed by atoms with Crippen molar-refractivity contribution in [1.29, 1.82) is 0 Å². The minimum atomic E-state index is 0.534. The second-order valence-corrected chi connectivity index (χ2v) is 3.86. The van der Waals surface area contributed by atoms with E-state index in [9.17, 15) is 0 Å². The smallest absolute Gasteiger partial charge is 0.187 e. The van der Waals surface area contributed by atoms with E-state index >= 15 is 0 Å². The fraction of sp³-hybridized carbons (Fsp3) is 0.714. The van der Waals surface area contributed by atoms with Crippen molar-refractivity contribution in [3.63, 3.8) is 0 Å². The van der Waals surface area contributed by atoms with Crippen molar-refractivity contribution >= 4 is 29.1 Å². The van der Waals surface area contributed by atoms with Crippen LogP contribution in [-0.2, 0) is 0 Å². The highest BCUT2D eigenvalue weighted by Crippen LogP contribution is 2.22. The predicted molar refractivity (Wildman–Crippen MR) is 54.6 cm³/mol. The molecule has 1 fully saturated rings. The summed E-state index contributed by atoms with van der Waals surface area (Å²) < 4.78 is 8.13. The van der Waals surface area contributed by atoms with E-state index in [4.69, 9.17) is 11.6 Å². The monoisotopic (exact) mass is 218 g/mol. The van der Waals surface area contributed by atoms with Crippen LogP contribution >= 0.6 is 23.3 Å². The first-order chi connectivity index (χ1) is 6.38. The molecule has 0 unspecified atom stereocenters. The second kappa shape index (κ2) is 4.21. The molecule has 1 aliphatic rings. The third kappa shape index (κ3) is 2.10. The minimum Gasteiger partial charge on any atom is -0.352 e. The van der Waals surface area contributed by atoms with Crippen molar-refractivity contribution in [2.24, 2.45) is 0 Å². The molecule has 0 bridgehead atoms. The third-order valence-electron chi connectivity index (χ3n) is 2.07. The molecule has 72 valence electrons. The summed E-state index contributed by atoms with van der Waals surface area (Å²) in [5, 5.41) is 3.86. The summed E-state index contributed by atoms with van der Waals surface area (Å²) in [5.74, 6) is 0.843. The number of anilines is 1. The Labute approximate surface area is 86.2 Å². The van der Waals surface area contributed by atoms with Gasteiger partial charge in [0.1, 0.15) is 0 Å². The van der Waals surface area contributed by atoms with Gasteiger partial charge in [0.2, 0.25) is 0 Å². The molecule has 2 heterocycles. The number of halogens is 1. The van der Waals surface area contributed by atoms with Gasteiger partial charge in [0.15, 0.2) is 11.0 Å². The second-order valence-electron chi connectivity index (χ2n) is 2.97. The molecule has 0 aromatic carbocycles. The molecule has 0 saturated carbocycles. The lowest BCUT2D eigenvalue weighted by atomic mass is 10.4. The van der Waals surface area contributed by atoms with Crippen LogP contribution in [0.2, 0.25) is 5.15 Å². The molecule has 1 aliphatic heterocycles. The van der Waals surface area contributed by atoms with Crippen LogP contribution in [0.5, 0.6) is 0 Å². The topological polar surface area (TPSA) is 41.1 Å².